The highest BCUT2D eigenvalue weighted by Crippen LogP contribution is 2.16. The summed E-state index contributed by atoms with van der Waals surface area (Å²) in [4.78, 5) is 28.3. The zero-order valence-corrected chi connectivity index (χ0v) is 14.2. The number of carbonyl (C=O) groups is 2. The van der Waals surface area contributed by atoms with Crippen molar-refractivity contribution >= 4 is 28.4 Å². The van der Waals surface area contributed by atoms with E-state index in [4.69, 9.17) is 4.74 Å². The smallest absolute Gasteiger partial charge is 0.288 e. The fourth-order valence-corrected chi connectivity index (χ4v) is 2.34. The van der Waals surface area contributed by atoms with Crippen LogP contribution in [-0.2, 0) is 4.79 Å². The third kappa shape index (κ3) is 4.27. The van der Waals surface area contributed by atoms with Crippen LogP contribution < -0.4 is 20.9 Å². The number of ether oxygens (including phenoxy) is 1. The predicted molar refractivity (Wildman–Crippen MR) is 98.8 cm³/mol. The molecule has 3 N–H and O–H groups in total. The molecule has 0 unspecified atom stereocenters. The monoisotopic (exact) mass is 350 g/mol. The molecule has 7 heteroatoms. The Hall–Kier alpha value is -3.61. The number of carbonyl (C=O) groups excluding carboxylic acids is 2. The minimum Gasteiger partial charge on any atom is -0.497 e. The number of pyridine rings is 1. The van der Waals surface area contributed by atoms with Crippen LogP contribution >= 0.6 is 0 Å². The summed E-state index contributed by atoms with van der Waals surface area (Å²) in [6.45, 7) is -0.00139. The molecule has 0 atom stereocenters. The van der Waals surface area contributed by atoms with Crippen LogP contribution in [0.2, 0.25) is 0 Å². The molecule has 0 spiro atoms. The molecule has 2 amide bonds. The molecule has 0 bridgehead atoms. The van der Waals surface area contributed by atoms with E-state index < -0.39 is 5.91 Å². The van der Waals surface area contributed by atoms with Gasteiger partial charge in [-0.2, -0.15) is 0 Å². The first-order valence-electron chi connectivity index (χ1n) is 7.98. The van der Waals surface area contributed by atoms with Crippen LogP contribution in [0.15, 0.2) is 60.7 Å². The van der Waals surface area contributed by atoms with Gasteiger partial charge in [-0.25, -0.2) is 4.98 Å². The Bertz CT molecular complexity index is 943. The molecule has 2 aromatic carbocycles. The van der Waals surface area contributed by atoms with E-state index in [0.29, 0.717) is 11.3 Å². The van der Waals surface area contributed by atoms with Gasteiger partial charge in [-0.3, -0.25) is 20.4 Å². The zero-order chi connectivity index (χ0) is 18.4. The molecule has 0 radical (unpaired) electrons. The van der Waals surface area contributed by atoms with Gasteiger partial charge >= 0.3 is 0 Å². The third-order valence-corrected chi connectivity index (χ3v) is 3.67. The average molecular weight is 350 g/mol. The maximum absolute atomic E-state index is 12.1. The molecule has 1 aromatic heterocycles. The van der Waals surface area contributed by atoms with Crippen molar-refractivity contribution in [1.82, 2.24) is 15.8 Å². The first-order valence-corrected chi connectivity index (χ1v) is 7.98. The SMILES string of the molecule is COc1cccc(NCC(=O)NNC(=O)c2ccc3ccccc3n2)c1. The largest absolute Gasteiger partial charge is 0.497 e. The van der Waals surface area contributed by atoms with Crippen LogP contribution in [0, 0.1) is 0 Å². The van der Waals surface area contributed by atoms with E-state index in [1.165, 1.54) is 0 Å². The van der Waals surface area contributed by atoms with Crippen LogP contribution in [0.4, 0.5) is 5.69 Å². The molecule has 0 fully saturated rings. The lowest BCUT2D eigenvalue weighted by Crippen LogP contribution is -2.44. The van der Waals surface area contributed by atoms with Crippen molar-refractivity contribution in [3.63, 3.8) is 0 Å². The lowest BCUT2D eigenvalue weighted by Gasteiger charge is -2.10. The second-order valence-electron chi connectivity index (χ2n) is 5.48. The van der Waals surface area contributed by atoms with Crippen LogP contribution in [0.3, 0.4) is 0 Å². The molecule has 132 valence electrons. The molecule has 7 nitrogen and oxygen atoms in total. The lowest BCUT2D eigenvalue weighted by atomic mass is 10.2. The molecule has 1 heterocycles. The van der Waals surface area contributed by atoms with Gasteiger partial charge in [0.15, 0.2) is 0 Å². The topological polar surface area (TPSA) is 92.4 Å². The van der Waals surface area contributed by atoms with Gasteiger partial charge in [0.2, 0.25) is 0 Å². The molecular formula is C19H18N4O3. The first kappa shape index (κ1) is 17.2. The number of hydrazine groups is 1. The average Bonchev–Trinajstić information content (AvgIpc) is 2.70. The van der Waals surface area contributed by atoms with Crippen LogP contribution in [0.5, 0.6) is 5.75 Å². The van der Waals surface area contributed by atoms with E-state index in [1.807, 2.05) is 48.5 Å². The molecule has 0 saturated carbocycles. The maximum atomic E-state index is 12.1. The normalized spacial score (nSPS) is 10.2. The standard InChI is InChI=1S/C19H18N4O3/c1-26-15-7-4-6-14(11-15)20-12-18(24)22-23-19(25)17-10-9-13-5-2-3-8-16(13)21-17/h2-11,20H,12H2,1H3,(H,22,24)(H,23,25). The van der Waals surface area contributed by atoms with Gasteiger partial charge in [0.1, 0.15) is 11.4 Å². The van der Waals surface area contributed by atoms with Crippen molar-refractivity contribution in [3.05, 3.63) is 66.4 Å². The summed E-state index contributed by atoms with van der Waals surface area (Å²) in [6.07, 6.45) is 0. The fourth-order valence-electron chi connectivity index (χ4n) is 2.34. The van der Waals surface area contributed by atoms with Gasteiger partial charge < -0.3 is 10.1 Å². The number of hydrogen-bond donors (Lipinski definition) is 3. The van der Waals surface area contributed by atoms with E-state index in [1.54, 1.807) is 19.2 Å². The van der Waals surface area contributed by atoms with Gasteiger partial charge in [0.25, 0.3) is 11.8 Å². The van der Waals surface area contributed by atoms with Gasteiger partial charge in [-0.05, 0) is 24.3 Å². The number of methoxy groups -OCH3 is 1. The minimum atomic E-state index is -0.481. The molecule has 0 aliphatic heterocycles. The number of anilines is 1. The second kappa shape index (κ2) is 7.98. The van der Waals surface area contributed by atoms with Gasteiger partial charge in [-0.1, -0.05) is 30.3 Å². The summed E-state index contributed by atoms with van der Waals surface area (Å²) in [6, 6.07) is 18.1. The number of nitrogens with one attached hydrogen (secondary N) is 3. The highest BCUT2D eigenvalue weighted by Gasteiger charge is 2.09. The van der Waals surface area contributed by atoms with Crippen molar-refractivity contribution in [1.29, 1.82) is 0 Å². The minimum absolute atomic E-state index is 0.00139. The van der Waals surface area contributed by atoms with E-state index in [2.05, 4.69) is 21.2 Å². The fraction of sp³-hybridized carbons (Fsp3) is 0.105. The van der Waals surface area contributed by atoms with Crippen LogP contribution in [0.25, 0.3) is 10.9 Å². The van der Waals surface area contributed by atoms with Crippen molar-refractivity contribution in [2.75, 3.05) is 19.0 Å². The number of benzene rings is 2. The summed E-state index contributed by atoms with van der Waals surface area (Å²) >= 11 is 0. The third-order valence-electron chi connectivity index (χ3n) is 3.67. The highest BCUT2D eigenvalue weighted by molar-refractivity contribution is 5.96. The Balaban J connectivity index is 1.52. The summed E-state index contributed by atoms with van der Waals surface area (Å²) in [5.41, 5.74) is 6.39. The van der Waals surface area contributed by atoms with Crippen LogP contribution in [-0.4, -0.2) is 30.5 Å². The number of para-hydroxylation sites is 1. The molecular weight excluding hydrogens is 332 g/mol. The summed E-state index contributed by atoms with van der Waals surface area (Å²) < 4.78 is 5.12. The number of amides is 2. The molecule has 0 saturated heterocycles. The Kier molecular flexibility index (Phi) is 5.28. The van der Waals surface area contributed by atoms with Crippen molar-refractivity contribution in [2.45, 2.75) is 0 Å². The van der Waals surface area contributed by atoms with Crippen molar-refractivity contribution in [2.24, 2.45) is 0 Å². The molecule has 3 rings (SSSR count). The Morgan fingerprint density at radius 3 is 2.69 bits per heavy atom. The maximum Gasteiger partial charge on any atom is 0.288 e. The van der Waals surface area contributed by atoms with Gasteiger partial charge in [0.05, 0.1) is 19.2 Å². The molecule has 0 aliphatic carbocycles. The zero-order valence-electron chi connectivity index (χ0n) is 14.2. The van der Waals surface area contributed by atoms with Gasteiger partial charge in [0, 0.05) is 17.1 Å². The van der Waals surface area contributed by atoms with Crippen molar-refractivity contribution in [3.8, 4) is 5.75 Å². The first-order chi connectivity index (χ1) is 12.7. The van der Waals surface area contributed by atoms with E-state index in [-0.39, 0.29) is 18.1 Å². The number of rotatable bonds is 5. The second-order valence-corrected chi connectivity index (χ2v) is 5.48. The predicted octanol–water partition coefficient (Wildman–Crippen LogP) is 2.12. The number of nitrogens with zero attached hydrogens (tertiary/aromatic N) is 1. The highest BCUT2D eigenvalue weighted by atomic mass is 16.5. The summed E-state index contributed by atoms with van der Waals surface area (Å²) in [5.74, 6) is -0.182. The molecule has 26 heavy (non-hydrogen) atoms. The van der Waals surface area contributed by atoms with E-state index in [0.717, 1.165) is 11.1 Å². The Labute approximate surface area is 150 Å². The number of aromatic nitrogens is 1. The molecule has 0 aliphatic rings. The van der Waals surface area contributed by atoms with Gasteiger partial charge in [-0.15, -0.1) is 0 Å². The van der Waals surface area contributed by atoms with E-state index in [9.17, 15) is 9.59 Å². The lowest BCUT2D eigenvalue weighted by molar-refractivity contribution is -0.120. The Morgan fingerprint density at radius 2 is 1.85 bits per heavy atom. The van der Waals surface area contributed by atoms with E-state index >= 15 is 0 Å². The quantitative estimate of drug-likeness (QED) is 0.613. The summed E-state index contributed by atoms with van der Waals surface area (Å²) in [5, 5.41) is 3.89. The Morgan fingerprint density at radius 1 is 1.00 bits per heavy atom. The summed E-state index contributed by atoms with van der Waals surface area (Å²) in [7, 11) is 1.57. The number of hydrogen-bond acceptors (Lipinski definition) is 5. The number of fused-ring (bicyclic) bond motifs is 1. The van der Waals surface area contributed by atoms with Crippen molar-refractivity contribution < 1.29 is 14.3 Å². The van der Waals surface area contributed by atoms with Crippen LogP contribution in [0.1, 0.15) is 10.5 Å². The molecule has 3 aromatic rings.